The van der Waals surface area contributed by atoms with E-state index in [0.29, 0.717) is 23.7 Å². The molecule has 0 aromatic carbocycles. The fraction of sp³-hybridized carbons (Fsp3) is 0.583. The summed E-state index contributed by atoms with van der Waals surface area (Å²) >= 11 is 5.85. The van der Waals surface area contributed by atoms with Gasteiger partial charge in [0.05, 0.1) is 5.56 Å². The Labute approximate surface area is 112 Å². The third-order valence-corrected chi connectivity index (χ3v) is 3.68. The van der Waals surface area contributed by atoms with Gasteiger partial charge >= 0.3 is 0 Å². The van der Waals surface area contributed by atoms with Crippen LogP contribution in [0, 0.1) is 0 Å². The summed E-state index contributed by atoms with van der Waals surface area (Å²) < 4.78 is 0. The van der Waals surface area contributed by atoms with E-state index in [1.54, 1.807) is 0 Å². The van der Waals surface area contributed by atoms with E-state index in [2.05, 4.69) is 27.2 Å². The van der Waals surface area contributed by atoms with Crippen LogP contribution in [0.15, 0.2) is 6.33 Å². The van der Waals surface area contributed by atoms with Gasteiger partial charge in [0.15, 0.2) is 6.29 Å². The summed E-state index contributed by atoms with van der Waals surface area (Å²) in [6, 6.07) is 0.479. The van der Waals surface area contributed by atoms with Crippen molar-refractivity contribution in [3.05, 3.63) is 17.0 Å². The van der Waals surface area contributed by atoms with E-state index in [4.69, 9.17) is 11.6 Å². The average molecular weight is 269 g/mol. The lowest BCUT2D eigenvalue weighted by Gasteiger charge is -2.32. The highest BCUT2D eigenvalue weighted by molar-refractivity contribution is 6.32. The molecule has 1 aliphatic heterocycles. The minimum atomic E-state index is 0.194. The zero-order valence-corrected chi connectivity index (χ0v) is 11.2. The van der Waals surface area contributed by atoms with Gasteiger partial charge in [-0.2, -0.15) is 0 Å². The Kier molecular flexibility index (Phi) is 4.49. The number of anilines is 1. The zero-order chi connectivity index (χ0) is 13.0. The molecule has 5 nitrogen and oxygen atoms in total. The van der Waals surface area contributed by atoms with E-state index in [0.717, 1.165) is 13.1 Å². The molecule has 98 valence electrons. The Morgan fingerprint density at radius 3 is 3.11 bits per heavy atom. The highest BCUT2D eigenvalue weighted by Gasteiger charge is 2.19. The fourth-order valence-corrected chi connectivity index (χ4v) is 2.41. The molecule has 1 aromatic rings. The van der Waals surface area contributed by atoms with Crippen molar-refractivity contribution in [3.63, 3.8) is 0 Å². The first-order valence-electron chi connectivity index (χ1n) is 6.12. The first-order chi connectivity index (χ1) is 8.72. The Balaban J connectivity index is 2.01. The second kappa shape index (κ2) is 6.11. The van der Waals surface area contributed by atoms with Gasteiger partial charge in [0.2, 0.25) is 0 Å². The van der Waals surface area contributed by atoms with Crippen molar-refractivity contribution < 1.29 is 4.79 Å². The zero-order valence-electron chi connectivity index (χ0n) is 10.4. The summed E-state index contributed by atoms with van der Waals surface area (Å²) in [7, 11) is 2.12. The molecule has 0 radical (unpaired) electrons. The van der Waals surface area contributed by atoms with Crippen LogP contribution in [0.3, 0.4) is 0 Å². The number of halogens is 1. The molecule has 1 saturated heterocycles. The second-order valence-electron chi connectivity index (χ2n) is 4.56. The molecule has 1 fully saturated rings. The highest BCUT2D eigenvalue weighted by atomic mass is 35.5. The number of hydrogen-bond donors (Lipinski definition) is 1. The molecule has 1 aromatic heterocycles. The van der Waals surface area contributed by atoms with Gasteiger partial charge < -0.3 is 10.2 Å². The van der Waals surface area contributed by atoms with Crippen molar-refractivity contribution in [3.8, 4) is 0 Å². The van der Waals surface area contributed by atoms with Crippen LogP contribution in [-0.2, 0) is 0 Å². The Morgan fingerprint density at radius 2 is 2.39 bits per heavy atom. The summed E-state index contributed by atoms with van der Waals surface area (Å²) in [5.41, 5.74) is 0.331. The molecule has 0 aliphatic carbocycles. The van der Waals surface area contributed by atoms with Crippen LogP contribution in [0.2, 0.25) is 5.15 Å². The van der Waals surface area contributed by atoms with Gasteiger partial charge in [0.25, 0.3) is 0 Å². The maximum atomic E-state index is 10.9. The number of piperidine rings is 1. The average Bonchev–Trinajstić information content (AvgIpc) is 2.38. The van der Waals surface area contributed by atoms with Crippen LogP contribution in [0.1, 0.15) is 29.6 Å². The molecule has 0 amide bonds. The molecule has 2 rings (SSSR count). The van der Waals surface area contributed by atoms with Crippen molar-refractivity contribution in [1.29, 1.82) is 0 Å². The first-order valence-corrected chi connectivity index (χ1v) is 6.50. The van der Waals surface area contributed by atoms with Crippen LogP contribution >= 0.6 is 11.6 Å². The molecule has 1 unspecified atom stereocenters. The minimum Gasteiger partial charge on any atom is -0.368 e. The summed E-state index contributed by atoms with van der Waals surface area (Å²) in [6.45, 7) is 1.89. The highest BCUT2D eigenvalue weighted by Crippen LogP contribution is 2.19. The number of likely N-dealkylation sites (N-methyl/N-ethyl adjacent to an activating group) is 1. The number of carbonyl (C=O) groups is 1. The lowest BCUT2D eigenvalue weighted by molar-refractivity contribution is 0.112. The molecule has 0 bridgehead atoms. The molecular weight excluding hydrogens is 252 g/mol. The van der Waals surface area contributed by atoms with Crippen LogP contribution in [-0.4, -0.2) is 47.3 Å². The van der Waals surface area contributed by atoms with Crippen molar-refractivity contribution in [1.82, 2.24) is 14.9 Å². The maximum absolute atomic E-state index is 10.9. The number of rotatable bonds is 4. The standard InChI is InChI=1S/C12H17ClN4O/c1-17-5-3-2-4-9(17)6-14-12-10(7-18)11(13)15-8-16-12/h7-9H,2-6H2,1H3,(H,14,15,16). The van der Waals surface area contributed by atoms with Gasteiger partial charge in [-0.3, -0.25) is 4.79 Å². The van der Waals surface area contributed by atoms with Gasteiger partial charge in [0.1, 0.15) is 17.3 Å². The topological polar surface area (TPSA) is 58.1 Å². The molecule has 0 spiro atoms. The molecule has 0 saturated carbocycles. The summed E-state index contributed by atoms with van der Waals surface area (Å²) in [5, 5.41) is 3.39. The quantitative estimate of drug-likeness (QED) is 0.667. The van der Waals surface area contributed by atoms with Gasteiger partial charge in [-0.25, -0.2) is 9.97 Å². The molecule has 18 heavy (non-hydrogen) atoms. The summed E-state index contributed by atoms with van der Waals surface area (Å²) in [5.74, 6) is 0.518. The lowest BCUT2D eigenvalue weighted by atomic mass is 10.0. The van der Waals surface area contributed by atoms with E-state index in [9.17, 15) is 4.79 Å². The second-order valence-corrected chi connectivity index (χ2v) is 4.91. The van der Waals surface area contributed by atoms with Crippen molar-refractivity contribution in [2.45, 2.75) is 25.3 Å². The van der Waals surface area contributed by atoms with Crippen molar-refractivity contribution >= 4 is 23.7 Å². The lowest BCUT2D eigenvalue weighted by Crippen LogP contribution is -2.41. The molecule has 1 aliphatic rings. The van der Waals surface area contributed by atoms with Gasteiger partial charge in [0, 0.05) is 12.6 Å². The minimum absolute atomic E-state index is 0.194. The number of aldehydes is 1. The number of nitrogens with one attached hydrogen (secondary N) is 1. The van der Waals surface area contributed by atoms with Gasteiger partial charge in [-0.1, -0.05) is 18.0 Å². The van der Waals surface area contributed by atoms with Crippen molar-refractivity contribution in [2.75, 3.05) is 25.5 Å². The van der Waals surface area contributed by atoms with E-state index in [1.165, 1.54) is 25.6 Å². The number of carbonyl (C=O) groups excluding carboxylic acids is 1. The largest absolute Gasteiger partial charge is 0.368 e. The van der Waals surface area contributed by atoms with E-state index in [1.807, 2.05) is 0 Å². The molecule has 1 atom stereocenters. The fourth-order valence-electron chi connectivity index (χ4n) is 2.24. The van der Waals surface area contributed by atoms with Crippen LogP contribution in [0.5, 0.6) is 0 Å². The number of aromatic nitrogens is 2. The normalized spacial score (nSPS) is 20.7. The van der Waals surface area contributed by atoms with Crippen LogP contribution in [0.4, 0.5) is 5.82 Å². The third kappa shape index (κ3) is 2.97. The summed E-state index contributed by atoms with van der Waals surface area (Å²) in [4.78, 5) is 21.1. The number of nitrogens with zero attached hydrogens (tertiary/aromatic N) is 3. The maximum Gasteiger partial charge on any atom is 0.156 e. The van der Waals surface area contributed by atoms with E-state index >= 15 is 0 Å². The van der Waals surface area contributed by atoms with Crippen LogP contribution in [0.25, 0.3) is 0 Å². The Morgan fingerprint density at radius 1 is 1.56 bits per heavy atom. The number of likely N-dealkylation sites (tertiary alicyclic amines) is 1. The molecule has 2 heterocycles. The first kappa shape index (κ1) is 13.2. The Bertz CT molecular complexity index is 427. The molecule has 6 heteroatoms. The van der Waals surface area contributed by atoms with Gasteiger partial charge in [-0.05, 0) is 26.4 Å². The smallest absolute Gasteiger partial charge is 0.156 e. The summed E-state index contributed by atoms with van der Waals surface area (Å²) in [6.07, 6.45) is 5.73. The van der Waals surface area contributed by atoms with E-state index < -0.39 is 0 Å². The Hall–Kier alpha value is -1.20. The number of hydrogen-bond acceptors (Lipinski definition) is 5. The SMILES string of the molecule is CN1CCCCC1CNc1ncnc(Cl)c1C=O. The van der Waals surface area contributed by atoms with Crippen molar-refractivity contribution in [2.24, 2.45) is 0 Å². The molecular formula is C12H17ClN4O. The third-order valence-electron chi connectivity index (χ3n) is 3.38. The predicted molar refractivity (Wildman–Crippen MR) is 71.2 cm³/mol. The molecule has 1 N–H and O–H groups in total. The van der Waals surface area contributed by atoms with Gasteiger partial charge in [-0.15, -0.1) is 0 Å². The predicted octanol–water partition coefficient (Wildman–Crippen LogP) is 1.84. The monoisotopic (exact) mass is 268 g/mol. The van der Waals surface area contributed by atoms with E-state index in [-0.39, 0.29) is 5.15 Å². The van der Waals surface area contributed by atoms with Crippen LogP contribution < -0.4 is 5.32 Å².